The van der Waals surface area contributed by atoms with E-state index in [1.54, 1.807) is 0 Å². The quantitative estimate of drug-likeness (QED) is 0.476. The molecule has 2 heterocycles. The van der Waals surface area contributed by atoms with Crippen LogP contribution in [0, 0.1) is 6.92 Å². The maximum Gasteiger partial charge on any atom is 0.232 e. The number of nitrogens with zero attached hydrogens (tertiary/aromatic N) is 4. The molecule has 1 aliphatic heterocycles. The number of ether oxygens (including phenoxy) is 1. The van der Waals surface area contributed by atoms with Crippen LogP contribution < -0.4 is 10.2 Å². The van der Waals surface area contributed by atoms with Crippen LogP contribution in [0.25, 0.3) is 5.69 Å². The first kappa shape index (κ1) is 23.6. The predicted octanol–water partition coefficient (Wildman–Crippen LogP) is 4.43. The number of halogens is 1. The molecule has 1 amide bonds. The molecule has 4 rings (SSSR count). The Kier molecular flexibility index (Phi) is 7.90. The largest absolute Gasteiger partial charge is 0.378 e. The summed E-state index contributed by atoms with van der Waals surface area (Å²) in [6.07, 6.45) is 0.790. The number of hydrogen-bond acceptors (Lipinski definition) is 6. The highest BCUT2D eigenvalue weighted by atomic mass is 35.5. The van der Waals surface area contributed by atoms with E-state index < -0.39 is 0 Å². The fourth-order valence-electron chi connectivity index (χ4n) is 3.83. The van der Waals surface area contributed by atoms with Crippen molar-refractivity contribution in [1.29, 1.82) is 0 Å². The summed E-state index contributed by atoms with van der Waals surface area (Å²) in [7, 11) is 0. The zero-order valence-corrected chi connectivity index (χ0v) is 20.4. The van der Waals surface area contributed by atoms with Crippen LogP contribution in [0.5, 0.6) is 0 Å². The lowest BCUT2D eigenvalue weighted by Crippen LogP contribution is -2.38. The fraction of sp³-hybridized carbons (Fsp3) is 0.375. The minimum absolute atomic E-state index is 0.0472. The van der Waals surface area contributed by atoms with Gasteiger partial charge >= 0.3 is 0 Å². The molecule has 1 atom stereocenters. The van der Waals surface area contributed by atoms with E-state index in [1.165, 1.54) is 11.8 Å². The van der Waals surface area contributed by atoms with Gasteiger partial charge in [-0.05, 0) is 42.7 Å². The minimum Gasteiger partial charge on any atom is -0.378 e. The van der Waals surface area contributed by atoms with Gasteiger partial charge in [-0.1, -0.05) is 60.6 Å². The zero-order chi connectivity index (χ0) is 23.2. The summed E-state index contributed by atoms with van der Waals surface area (Å²) < 4.78 is 7.55. The maximum absolute atomic E-state index is 12.8. The molecular formula is C24H28ClN5O2S. The number of para-hydroxylation sites is 1. The lowest BCUT2D eigenvalue weighted by Gasteiger charge is -2.28. The van der Waals surface area contributed by atoms with Gasteiger partial charge in [0.25, 0.3) is 0 Å². The van der Waals surface area contributed by atoms with Crippen LogP contribution >= 0.6 is 23.4 Å². The van der Waals surface area contributed by atoms with E-state index in [1.807, 2.05) is 36.4 Å². The molecule has 0 radical (unpaired) electrons. The van der Waals surface area contributed by atoms with Crippen molar-refractivity contribution in [3.63, 3.8) is 0 Å². The van der Waals surface area contributed by atoms with Crippen molar-refractivity contribution in [3.8, 4) is 5.69 Å². The standard InChI is InChI=1S/C24H28ClN5O2S/c1-3-20(18-8-10-19(25)11-9-18)26-22(31)16-33-24-28-27-23(29-12-14-32-15-13-29)30(24)21-7-5-4-6-17(21)2/h4-11,20H,3,12-16H2,1-2H3,(H,26,31). The van der Waals surface area contributed by atoms with Crippen molar-refractivity contribution < 1.29 is 9.53 Å². The Bertz CT molecular complexity index is 1080. The lowest BCUT2D eigenvalue weighted by molar-refractivity contribution is -0.119. The fourth-order valence-corrected chi connectivity index (χ4v) is 4.71. The number of hydrogen-bond donors (Lipinski definition) is 1. The van der Waals surface area contributed by atoms with Gasteiger partial charge < -0.3 is 15.0 Å². The summed E-state index contributed by atoms with van der Waals surface area (Å²) >= 11 is 7.39. The number of nitrogens with one attached hydrogen (secondary N) is 1. The van der Waals surface area contributed by atoms with E-state index >= 15 is 0 Å². The second-order valence-electron chi connectivity index (χ2n) is 7.87. The van der Waals surface area contributed by atoms with Crippen molar-refractivity contribution in [1.82, 2.24) is 20.1 Å². The molecule has 1 fully saturated rings. The van der Waals surface area contributed by atoms with E-state index in [4.69, 9.17) is 16.3 Å². The molecule has 1 N–H and O–H groups in total. The number of aryl methyl sites for hydroxylation is 1. The molecule has 9 heteroatoms. The topological polar surface area (TPSA) is 72.3 Å². The van der Waals surface area contributed by atoms with Gasteiger partial charge in [0.05, 0.1) is 30.7 Å². The third-order valence-electron chi connectivity index (χ3n) is 5.61. The van der Waals surface area contributed by atoms with Crippen molar-refractivity contribution in [2.24, 2.45) is 0 Å². The molecule has 174 valence electrons. The van der Waals surface area contributed by atoms with Crippen molar-refractivity contribution in [2.75, 3.05) is 37.0 Å². The Labute approximate surface area is 203 Å². The number of anilines is 1. The average Bonchev–Trinajstić information content (AvgIpc) is 3.26. The number of amides is 1. The molecule has 0 bridgehead atoms. The number of carbonyl (C=O) groups is 1. The van der Waals surface area contributed by atoms with Gasteiger partial charge in [-0.2, -0.15) is 0 Å². The molecule has 3 aromatic rings. The van der Waals surface area contributed by atoms with Crippen LogP contribution in [0.2, 0.25) is 5.02 Å². The van der Waals surface area contributed by atoms with Crippen LogP contribution in [0.3, 0.4) is 0 Å². The number of morpholine rings is 1. The highest BCUT2D eigenvalue weighted by molar-refractivity contribution is 7.99. The third-order valence-corrected chi connectivity index (χ3v) is 6.80. The van der Waals surface area contributed by atoms with Gasteiger partial charge in [-0.25, -0.2) is 0 Å². The second-order valence-corrected chi connectivity index (χ2v) is 9.25. The number of thioether (sulfide) groups is 1. The summed E-state index contributed by atoms with van der Waals surface area (Å²) in [5.74, 6) is 0.981. The Morgan fingerprint density at radius 1 is 1.15 bits per heavy atom. The first-order chi connectivity index (χ1) is 16.1. The van der Waals surface area contributed by atoms with Gasteiger partial charge in [-0.15, -0.1) is 10.2 Å². The molecule has 33 heavy (non-hydrogen) atoms. The Morgan fingerprint density at radius 3 is 2.58 bits per heavy atom. The molecule has 1 saturated heterocycles. The highest BCUT2D eigenvalue weighted by Crippen LogP contribution is 2.29. The third kappa shape index (κ3) is 5.69. The van der Waals surface area contributed by atoms with Crippen LogP contribution in [0.15, 0.2) is 53.7 Å². The maximum atomic E-state index is 12.8. The predicted molar refractivity (Wildman–Crippen MR) is 132 cm³/mol. The van der Waals surface area contributed by atoms with Gasteiger partial charge in [-0.3, -0.25) is 9.36 Å². The molecule has 0 aliphatic carbocycles. The van der Waals surface area contributed by atoms with E-state index in [2.05, 4.69) is 51.0 Å². The molecule has 1 aliphatic rings. The van der Waals surface area contributed by atoms with Crippen molar-refractivity contribution in [2.45, 2.75) is 31.5 Å². The van der Waals surface area contributed by atoms with Crippen LogP contribution in [0.1, 0.15) is 30.5 Å². The molecule has 0 spiro atoms. The van der Waals surface area contributed by atoms with Gasteiger partial charge in [0.1, 0.15) is 0 Å². The lowest BCUT2D eigenvalue weighted by atomic mass is 10.0. The first-order valence-corrected chi connectivity index (χ1v) is 12.4. The summed E-state index contributed by atoms with van der Waals surface area (Å²) in [5.41, 5.74) is 3.17. The summed E-state index contributed by atoms with van der Waals surface area (Å²) in [6.45, 7) is 6.96. The normalized spacial score (nSPS) is 14.8. The number of carbonyl (C=O) groups excluding carboxylic acids is 1. The summed E-state index contributed by atoms with van der Waals surface area (Å²) in [6, 6.07) is 15.7. The van der Waals surface area contributed by atoms with Gasteiger partial charge in [0.2, 0.25) is 11.9 Å². The number of rotatable bonds is 8. The zero-order valence-electron chi connectivity index (χ0n) is 18.8. The van der Waals surface area contributed by atoms with Crippen molar-refractivity contribution in [3.05, 3.63) is 64.7 Å². The minimum atomic E-state index is -0.0616. The molecule has 7 nitrogen and oxygen atoms in total. The smallest absolute Gasteiger partial charge is 0.232 e. The second kappa shape index (κ2) is 11.0. The molecule has 0 saturated carbocycles. The Morgan fingerprint density at radius 2 is 1.88 bits per heavy atom. The summed E-state index contributed by atoms with van der Waals surface area (Å²) in [5, 5.41) is 13.4. The molecular weight excluding hydrogens is 458 g/mol. The monoisotopic (exact) mass is 485 g/mol. The van der Waals surface area contributed by atoms with Gasteiger partial charge in [0, 0.05) is 18.1 Å². The molecule has 1 unspecified atom stereocenters. The Hall–Kier alpha value is -2.55. The van der Waals surface area contributed by atoms with Crippen LogP contribution in [0.4, 0.5) is 5.95 Å². The molecule has 2 aromatic carbocycles. The number of aromatic nitrogens is 3. The van der Waals surface area contributed by atoms with E-state index in [-0.39, 0.29) is 17.7 Å². The SMILES string of the molecule is CCC(NC(=O)CSc1nnc(N2CCOCC2)n1-c1ccccc1C)c1ccc(Cl)cc1. The van der Waals surface area contributed by atoms with Gasteiger partial charge in [0.15, 0.2) is 5.16 Å². The van der Waals surface area contributed by atoms with E-state index in [9.17, 15) is 4.79 Å². The Balaban J connectivity index is 1.51. The van der Waals surface area contributed by atoms with E-state index in [0.29, 0.717) is 23.4 Å². The highest BCUT2D eigenvalue weighted by Gasteiger charge is 2.23. The van der Waals surface area contributed by atoms with Crippen molar-refractivity contribution >= 4 is 35.2 Å². The van der Waals surface area contributed by atoms with Crippen LogP contribution in [-0.4, -0.2) is 52.7 Å². The average molecular weight is 486 g/mol. The number of benzene rings is 2. The first-order valence-electron chi connectivity index (χ1n) is 11.1. The molecule has 1 aromatic heterocycles. The van der Waals surface area contributed by atoms with Crippen LogP contribution in [-0.2, 0) is 9.53 Å². The van der Waals surface area contributed by atoms with E-state index in [0.717, 1.165) is 42.3 Å². The summed E-state index contributed by atoms with van der Waals surface area (Å²) in [4.78, 5) is 15.0.